The second kappa shape index (κ2) is 7.18. The summed E-state index contributed by atoms with van der Waals surface area (Å²) < 4.78 is 11.3. The van der Waals surface area contributed by atoms with E-state index in [0.29, 0.717) is 12.1 Å². The van der Waals surface area contributed by atoms with Gasteiger partial charge in [0.2, 0.25) is 0 Å². The third kappa shape index (κ3) is 3.93. The molecule has 0 aromatic rings. The first-order chi connectivity index (χ1) is 10.4. The van der Waals surface area contributed by atoms with Crippen LogP contribution in [0.15, 0.2) is 4.99 Å². The molecular formula is C17H33N3O2. The maximum atomic E-state index is 6.00. The summed E-state index contributed by atoms with van der Waals surface area (Å²) in [6.45, 7) is 12.4. The summed E-state index contributed by atoms with van der Waals surface area (Å²) >= 11 is 0. The van der Waals surface area contributed by atoms with Crippen molar-refractivity contribution in [2.24, 2.45) is 15.8 Å². The Kier molecular flexibility index (Phi) is 5.72. The highest BCUT2D eigenvalue weighted by atomic mass is 16.5. The third-order valence-corrected chi connectivity index (χ3v) is 5.11. The van der Waals surface area contributed by atoms with E-state index in [1.165, 1.54) is 6.42 Å². The molecule has 1 heterocycles. The Labute approximate surface area is 135 Å². The summed E-state index contributed by atoms with van der Waals surface area (Å²) in [5.41, 5.74) is 0.396. The monoisotopic (exact) mass is 311 g/mol. The fraction of sp³-hybridized carbons (Fsp3) is 0.941. The van der Waals surface area contributed by atoms with Crippen LogP contribution in [-0.4, -0.2) is 51.5 Å². The number of ether oxygens (including phenoxy) is 2. The summed E-state index contributed by atoms with van der Waals surface area (Å²) in [6.07, 6.45) is 3.74. The van der Waals surface area contributed by atoms with Crippen LogP contribution in [0.2, 0.25) is 0 Å². The van der Waals surface area contributed by atoms with Crippen LogP contribution in [0.25, 0.3) is 0 Å². The van der Waals surface area contributed by atoms with Crippen molar-refractivity contribution in [1.29, 1.82) is 0 Å². The van der Waals surface area contributed by atoms with Crippen molar-refractivity contribution in [3.63, 3.8) is 0 Å². The lowest BCUT2D eigenvalue weighted by atomic mass is 9.64. The lowest BCUT2D eigenvalue weighted by Gasteiger charge is -2.52. The van der Waals surface area contributed by atoms with Crippen molar-refractivity contribution >= 4 is 5.96 Å². The van der Waals surface area contributed by atoms with E-state index in [0.717, 1.165) is 45.2 Å². The number of nitrogens with zero attached hydrogens (tertiary/aromatic N) is 1. The van der Waals surface area contributed by atoms with Gasteiger partial charge >= 0.3 is 0 Å². The first-order valence-corrected chi connectivity index (χ1v) is 8.58. The number of hydrogen-bond donors (Lipinski definition) is 2. The molecule has 0 spiro atoms. The van der Waals surface area contributed by atoms with Gasteiger partial charge in [-0.1, -0.05) is 34.1 Å². The molecular weight excluding hydrogens is 278 g/mol. The standard InChI is InChI=1S/C17H33N3O2/c1-6-7-8-22-14-9-13(16(14,2)3)20-15(18-5)19-10-17(4)11-21-12-17/h13-14H,6-12H2,1-5H3,(H2,18,19,20). The molecule has 0 aromatic carbocycles. The largest absolute Gasteiger partial charge is 0.380 e. The topological polar surface area (TPSA) is 54.9 Å². The van der Waals surface area contributed by atoms with Crippen LogP contribution in [0.3, 0.4) is 0 Å². The molecule has 1 aliphatic carbocycles. The van der Waals surface area contributed by atoms with Crippen LogP contribution >= 0.6 is 0 Å². The minimum absolute atomic E-state index is 0.148. The molecule has 128 valence electrons. The van der Waals surface area contributed by atoms with Crippen molar-refractivity contribution in [2.45, 2.75) is 59.1 Å². The summed E-state index contributed by atoms with van der Waals surface area (Å²) in [6, 6.07) is 0.413. The number of unbranched alkanes of at least 4 members (excludes halogenated alkanes) is 1. The van der Waals surface area contributed by atoms with Gasteiger partial charge in [0.1, 0.15) is 0 Å². The number of aliphatic imine (C=N–C) groups is 1. The maximum Gasteiger partial charge on any atom is 0.191 e. The van der Waals surface area contributed by atoms with E-state index in [2.05, 4.69) is 43.3 Å². The molecule has 1 saturated carbocycles. The van der Waals surface area contributed by atoms with Crippen LogP contribution in [-0.2, 0) is 9.47 Å². The Morgan fingerprint density at radius 2 is 2.05 bits per heavy atom. The number of rotatable bonds is 7. The number of hydrogen-bond acceptors (Lipinski definition) is 3. The molecule has 2 rings (SSSR count). The summed E-state index contributed by atoms with van der Waals surface area (Å²) in [7, 11) is 1.83. The summed E-state index contributed by atoms with van der Waals surface area (Å²) in [5.74, 6) is 0.887. The molecule has 5 nitrogen and oxygen atoms in total. The minimum atomic E-state index is 0.148. The van der Waals surface area contributed by atoms with E-state index in [9.17, 15) is 0 Å². The lowest BCUT2D eigenvalue weighted by Crippen LogP contribution is -2.64. The average Bonchev–Trinajstić information content (AvgIpc) is 2.46. The predicted molar refractivity (Wildman–Crippen MR) is 90.3 cm³/mol. The minimum Gasteiger partial charge on any atom is -0.380 e. The molecule has 5 heteroatoms. The molecule has 22 heavy (non-hydrogen) atoms. The van der Waals surface area contributed by atoms with Crippen LogP contribution in [0, 0.1) is 10.8 Å². The zero-order valence-corrected chi connectivity index (χ0v) is 14.9. The fourth-order valence-corrected chi connectivity index (χ4v) is 2.99. The van der Waals surface area contributed by atoms with Crippen LogP contribution in [0.4, 0.5) is 0 Å². The van der Waals surface area contributed by atoms with E-state index in [-0.39, 0.29) is 10.8 Å². The van der Waals surface area contributed by atoms with Crippen molar-refractivity contribution in [1.82, 2.24) is 10.6 Å². The molecule has 2 N–H and O–H groups in total. The van der Waals surface area contributed by atoms with Crippen molar-refractivity contribution in [3.05, 3.63) is 0 Å². The Balaban J connectivity index is 1.75. The first-order valence-electron chi connectivity index (χ1n) is 8.58. The predicted octanol–water partition coefficient (Wildman–Crippen LogP) is 2.17. The molecule has 0 bridgehead atoms. The Morgan fingerprint density at radius 3 is 2.55 bits per heavy atom. The summed E-state index contributed by atoms with van der Waals surface area (Å²) in [5, 5.41) is 6.99. The van der Waals surface area contributed by atoms with Gasteiger partial charge in [0.05, 0.1) is 19.3 Å². The smallest absolute Gasteiger partial charge is 0.191 e. The number of guanidine groups is 1. The van der Waals surface area contributed by atoms with Gasteiger partial charge in [-0.15, -0.1) is 0 Å². The van der Waals surface area contributed by atoms with Gasteiger partial charge < -0.3 is 20.1 Å². The second-order valence-corrected chi connectivity index (χ2v) is 7.70. The Hall–Kier alpha value is -0.810. The fourth-order valence-electron chi connectivity index (χ4n) is 2.99. The SMILES string of the molecule is CCCCOC1CC(NC(=NC)NCC2(C)COC2)C1(C)C. The van der Waals surface area contributed by atoms with Crippen LogP contribution in [0.5, 0.6) is 0 Å². The normalized spacial score (nSPS) is 29.4. The van der Waals surface area contributed by atoms with Gasteiger partial charge in [0.15, 0.2) is 5.96 Å². The highest BCUT2D eigenvalue weighted by Crippen LogP contribution is 2.42. The molecule has 2 fully saturated rings. The Bertz CT molecular complexity index is 391. The van der Waals surface area contributed by atoms with Gasteiger partial charge in [-0.25, -0.2) is 0 Å². The van der Waals surface area contributed by atoms with E-state index in [1.54, 1.807) is 0 Å². The van der Waals surface area contributed by atoms with Gasteiger partial charge in [0.25, 0.3) is 0 Å². The molecule has 2 aliphatic rings. The zero-order valence-electron chi connectivity index (χ0n) is 14.9. The van der Waals surface area contributed by atoms with E-state index >= 15 is 0 Å². The van der Waals surface area contributed by atoms with Crippen molar-refractivity contribution < 1.29 is 9.47 Å². The second-order valence-electron chi connectivity index (χ2n) is 7.70. The first kappa shape index (κ1) is 17.5. The van der Waals surface area contributed by atoms with Gasteiger partial charge in [0, 0.05) is 37.1 Å². The molecule has 1 aliphatic heterocycles. The highest BCUT2D eigenvalue weighted by Gasteiger charge is 2.49. The van der Waals surface area contributed by atoms with Crippen molar-refractivity contribution in [3.8, 4) is 0 Å². The van der Waals surface area contributed by atoms with Crippen LogP contribution in [0.1, 0.15) is 47.0 Å². The average molecular weight is 311 g/mol. The molecule has 0 radical (unpaired) electrons. The molecule has 1 saturated heterocycles. The quantitative estimate of drug-likeness (QED) is 0.430. The zero-order chi connectivity index (χ0) is 16.2. The van der Waals surface area contributed by atoms with Gasteiger partial charge in [-0.05, 0) is 12.8 Å². The van der Waals surface area contributed by atoms with Crippen LogP contribution < -0.4 is 10.6 Å². The van der Waals surface area contributed by atoms with E-state index < -0.39 is 0 Å². The summed E-state index contributed by atoms with van der Waals surface area (Å²) in [4.78, 5) is 4.35. The van der Waals surface area contributed by atoms with Crippen molar-refractivity contribution in [2.75, 3.05) is 33.4 Å². The third-order valence-electron chi connectivity index (χ3n) is 5.11. The van der Waals surface area contributed by atoms with E-state index in [1.807, 2.05) is 7.05 Å². The maximum absolute atomic E-state index is 6.00. The lowest BCUT2D eigenvalue weighted by molar-refractivity contribution is -0.114. The highest BCUT2D eigenvalue weighted by molar-refractivity contribution is 5.80. The van der Waals surface area contributed by atoms with Gasteiger partial charge in [-0.2, -0.15) is 0 Å². The number of nitrogens with one attached hydrogen (secondary N) is 2. The molecule has 0 aromatic heterocycles. The molecule has 2 unspecified atom stereocenters. The molecule has 0 amide bonds. The van der Waals surface area contributed by atoms with Gasteiger partial charge in [-0.3, -0.25) is 4.99 Å². The van der Waals surface area contributed by atoms with E-state index in [4.69, 9.17) is 9.47 Å². The molecule has 2 atom stereocenters. The Morgan fingerprint density at radius 1 is 1.32 bits per heavy atom.